The first-order valence-corrected chi connectivity index (χ1v) is 10.1. The Morgan fingerprint density at radius 3 is 2.60 bits per heavy atom. The maximum absolute atomic E-state index is 13.6. The zero-order valence-corrected chi connectivity index (χ0v) is 17.8. The quantitative estimate of drug-likeness (QED) is 0.445. The number of pyridine rings is 2. The number of anilines is 1. The molecule has 0 aliphatic heterocycles. The maximum Gasteiger partial charge on any atom is 0.260 e. The van der Waals surface area contributed by atoms with E-state index in [1.54, 1.807) is 29.4 Å². The molecule has 152 valence electrons. The van der Waals surface area contributed by atoms with Gasteiger partial charge in [0.25, 0.3) is 5.91 Å². The summed E-state index contributed by atoms with van der Waals surface area (Å²) in [6.07, 6.45) is 3.48. The van der Waals surface area contributed by atoms with Crippen molar-refractivity contribution in [3.63, 3.8) is 0 Å². The highest BCUT2D eigenvalue weighted by atomic mass is 35.5. The van der Waals surface area contributed by atoms with E-state index >= 15 is 0 Å². The number of fused-ring (bicyclic) bond motifs is 1. The van der Waals surface area contributed by atoms with Gasteiger partial charge in [-0.1, -0.05) is 17.7 Å². The lowest BCUT2D eigenvalue weighted by molar-refractivity contribution is 0.0984. The van der Waals surface area contributed by atoms with Crippen LogP contribution in [0.2, 0.25) is 5.02 Å². The average molecular weight is 420 g/mol. The Labute approximate surface area is 180 Å². The molecule has 0 atom stereocenters. The minimum atomic E-state index is -0.146. The van der Waals surface area contributed by atoms with E-state index in [1.807, 2.05) is 48.0 Å². The Hall–Kier alpha value is -3.25. The number of aryl methyl sites for hydroxylation is 1. The van der Waals surface area contributed by atoms with Crippen LogP contribution in [0.1, 0.15) is 41.6 Å². The Morgan fingerprint density at radius 1 is 1.17 bits per heavy atom. The standard InChI is InChI=1S/C23H22ClN5O/c1-15(2)29-22-17(13-26-29)12-21(16(3)27-22)23(30)28(14-19-6-4-5-11-25-19)20-9-7-18(24)8-10-20/h4-13,15H,14H2,1-3H3. The van der Waals surface area contributed by atoms with E-state index < -0.39 is 0 Å². The molecule has 0 saturated heterocycles. The third-order valence-electron chi connectivity index (χ3n) is 4.91. The van der Waals surface area contributed by atoms with Gasteiger partial charge in [0.2, 0.25) is 0 Å². The normalized spacial score (nSPS) is 11.2. The number of carbonyl (C=O) groups is 1. The number of nitrogens with zero attached hydrogens (tertiary/aromatic N) is 5. The summed E-state index contributed by atoms with van der Waals surface area (Å²) in [7, 11) is 0. The first-order valence-electron chi connectivity index (χ1n) is 9.76. The zero-order valence-electron chi connectivity index (χ0n) is 17.1. The number of hydrogen-bond acceptors (Lipinski definition) is 4. The van der Waals surface area contributed by atoms with Gasteiger partial charge in [-0.15, -0.1) is 0 Å². The molecule has 1 aromatic carbocycles. The number of amides is 1. The van der Waals surface area contributed by atoms with Gasteiger partial charge in [0.05, 0.1) is 29.7 Å². The minimum Gasteiger partial charge on any atom is -0.302 e. The Balaban J connectivity index is 1.77. The zero-order chi connectivity index (χ0) is 21.3. The minimum absolute atomic E-state index is 0.146. The molecule has 0 unspecified atom stereocenters. The highest BCUT2D eigenvalue weighted by Gasteiger charge is 2.22. The largest absolute Gasteiger partial charge is 0.302 e. The highest BCUT2D eigenvalue weighted by molar-refractivity contribution is 6.30. The molecule has 3 aromatic heterocycles. The fraction of sp³-hybridized carbons (Fsp3) is 0.217. The van der Waals surface area contributed by atoms with Gasteiger partial charge in [0, 0.05) is 28.3 Å². The molecule has 0 radical (unpaired) electrons. The van der Waals surface area contributed by atoms with Crippen LogP contribution in [0.15, 0.2) is 60.9 Å². The molecule has 4 rings (SSSR count). The van der Waals surface area contributed by atoms with E-state index in [0.29, 0.717) is 22.8 Å². The molecule has 6 nitrogen and oxygen atoms in total. The fourth-order valence-corrected chi connectivity index (χ4v) is 3.49. The summed E-state index contributed by atoms with van der Waals surface area (Å²) in [5.41, 5.74) is 3.51. The smallest absolute Gasteiger partial charge is 0.260 e. The number of carbonyl (C=O) groups excluding carboxylic acids is 1. The van der Waals surface area contributed by atoms with Crippen molar-refractivity contribution in [3.8, 4) is 0 Å². The van der Waals surface area contributed by atoms with E-state index in [9.17, 15) is 4.79 Å². The van der Waals surface area contributed by atoms with Gasteiger partial charge in [0.1, 0.15) is 0 Å². The molecule has 1 amide bonds. The molecule has 0 saturated carbocycles. The number of benzene rings is 1. The Kier molecular flexibility index (Phi) is 5.50. The third kappa shape index (κ3) is 3.91. The lowest BCUT2D eigenvalue weighted by Crippen LogP contribution is -2.31. The molecule has 0 spiro atoms. The third-order valence-corrected chi connectivity index (χ3v) is 5.16. The molecular weight excluding hydrogens is 398 g/mol. The summed E-state index contributed by atoms with van der Waals surface area (Å²) in [6.45, 7) is 6.30. The first-order chi connectivity index (χ1) is 14.4. The van der Waals surface area contributed by atoms with E-state index in [-0.39, 0.29) is 11.9 Å². The summed E-state index contributed by atoms with van der Waals surface area (Å²) in [6, 6.07) is 14.9. The first kappa shape index (κ1) is 20.0. The van der Waals surface area contributed by atoms with Crippen molar-refractivity contribution < 1.29 is 4.79 Å². The second-order valence-electron chi connectivity index (χ2n) is 7.41. The van der Waals surface area contributed by atoms with Crippen molar-refractivity contribution in [1.82, 2.24) is 19.7 Å². The van der Waals surface area contributed by atoms with Crippen molar-refractivity contribution in [2.24, 2.45) is 0 Å². The molecule has 0 aliphatic carbocycles. The van der Waals surface area contributed by atoms with Crippen molar-refractivity contribution >= 4 is 34.2 Å². The van der Waals surface area contributed by atoms with E-state index in [0.717, 1.165) is 22.4 Å². The van der Waals surface area contributed by atoms with Crippen LogP contribution in [0.3, 0.4) is 0 Å². The predicted octanol–water partition coefficient (Wildman–Crippen LogP) is 5.22. The molecule has 30 heavy (non-hydrogen) atoms. The van der Waals surface area contributed by atoms with Gasteiger partial charge in [-0.3, -0.25) is 9.78 Å². The lowest BCUT2D eigenvalue weighted by Gasteiger charge is -2.23. The van der Waals surface area contributed by atoms with Crippen LogP contribution in [-0.2, 0) is 6.54 Å². The number of aromatic nitrogens is 4. The van der Waals surface area contributed by atoms with Gasteiger partial charge in [-0.25, -0.2) is 9.67 Å². The van der Waals surface area contributed by atoms with E-state index in [1.165, 1.54) is 0 Å². The lowest BCUT2D eigenvalue weighted by atomic mass is 10.1. The average Bonchev–Trinajstić information content (AvgIpc) is 3.15. The van der Waals surface area contributed by atoms with Gasteiger partial charge >= 0.3 is 0 Å². The topological polar surface area (TPSA) is 63.9 Å². The van der Waals surface area contributed by atoms with Gasteiger partial charge < -0.3 is 4.90 Å². The van der Waals surface area contributed by atoms with Crippen LogP contribution in [0.25, 0.3) is 11.0 Å². The van der Waals surface area contributed by atoms with Crippen molar-refractivity contribution in [2.45, 2.75) is 33.4 Å². The van der Waals surface area contributed by atoms with Gasteiger partial charge in [0.15, 0.2) is 5.65 Å². The second kappa shape index (κ2) is 8.24. The molecule has 3 heterocycles. The molecular formula is C23H22ClN5O. The molecule has 0 fully saturated rings. The summed E-state index contributed by atoms with van der Waals surface area (Å²) < 4.78 is 1.86. The summed E-state index contributed by atoms with van der Waals surface area (Å²) in [5.74, 6) is -0.146. The number of halogens is 1. The van der Waals surface area contributed by atoms with Gasteiger partial charge in [-0.05, 0) is 63.2 Å². The van der Waals surface area contributed by atoms with E-state index in [2.05, 4.69) is 23.9 Å². The summed E-state index contributed by atoms with van der Waals surface area (Å²) in [4.78, 5) is 24.4. The molecule has 7 heteroatoms. The molecule has 0 bridgehead atoms. The highest BCUT2D eigenvalue weighted by Crippen LogP contribution is 2.25. The van der Waals surface area contributed by atoms with Crippen LogP contribution in [0, 0.1) is 6.92 Å². The van der Waals surface area contributed by atoms with Gasteiger partial charge in [-0.2, -0.15) is 5.10 Å². The van der Waals surface area contributed by atoms with Crippen molar-refractivity contribution in [1.29, 1.82) is 0 Å². The van der Waals surface area contributed by atoms with Crippen molar-refractivity contribution in [2.75, 3.05) is 4.90 Å². The summed E-state index contributed by atoms with van der Waals surface area (Å²) in [5, 5.41) is 5.88. The predicted molar refractivity (Wildman–Crippen MR) is 119 cm³/mol. The maximum atomic E-state index is 13.6. The second-order valence-corrected chi connectivity index (χ2v) is 7.84. The van der Waals surface area contributed by atoms with Crippen LogP contribution in [0.5, 0.6) is 0 Å². The fourth-order valence-electron chi connectivity index (χ4n) is 3.36. The monoisotopic (exact) mass is 419 g/mol. The molecule has 0 N–H and O–H groups in total. The molecule has 0 aliphatic rings. The van der Waals surface area contributed by atoms with Crippen LogP contribution in [-0.4, -0.2) is 25.7 Å². The molecule has 4 aromatic rings. The Bertz CT molecular complexity index is 1190. The Morgan fingerprint density at radius 2 is 1.93 bits per heavy atom. The number of rotatable bonds is 5. The van der Waals surface area contributed by atoms with Crippen molar-refractivity contribution in [3.05, 3.63) is 82.9 Å². The van der Waals surface area contributed by atoms with E-state index in [4.69, 9.17) is 16.6 Å². The van der Waals surface area contributed by atoms with Crippen LogP contribution >= 0.6 is 11.6 Å². The van der Waals surface area contributed by atoms with Crippen LogP contribution in [0.4, 0.5) is 5.69 Å². The SMILES string of the molecule is Cc1nc2c(cnn2C(C)C)cc1C(=O)N(Cc1ccccn1)c1ccc(Cl)cc1. The number of hydrogen-bond donors (Lipinski definition) is 0. The van der Waals surface area contributed by atoms with Crippen LogP contribution < -0.4 is 4.90 Å². The summed E-state index contributed by atoms with van der Waals surface area (Å²) >= 11 is 6.06.